The number of hydrogen-bond donors (Lipinski definition) is 3. The lowest BCUT2D eigenvalue weighted by Gasteiger charge is -2.33. The molecule has 0 saturated carbocycles. The number of carboxylic acid groups (broad SMARTS) is 1. The van der Waals surface area contributed by atoms with E-state index in [4.69, 9.17) is 4.74 Å². The first-order valence-corrected chi connectivity index (χ1v) is 6.94. The van der Waals surface area contributed by atoms with E-state index in [0.29, 0.717) is 32.6 Å². The van der Waals surface area contributed by atoms with Crippen molar-refractivity contribution in [2.45, 2.75) is 25.7 Å². The predicted octanol–water partition coefficient (Wildman–Crippen LogP) is -0.0164. The molecule has 0 aromatic rings. The van der Waals surface area contributed by atoms with Crippen molar-refractivity contribution in [3.8, 4) is 0 Å². The Bertz CT molecular complexity index is 334. The van der Waals surface area contributed by atoms with Gasteiger partial charge in [-0.15, -0.1) is 0 Å². The summed E-state index contributed by atoms with van der Waals surface area (Å²) in [4.78, 5) is 23.5. The molecule has 0 unspecified atom stereocenters. The number of piperidine rings is 1. The third-order valence-electron chi connectivity index (χ3n) is 4.17. The highest BCUT2D eigenvalue weighted by Gasteiger charge is 2.40. The second kappa shape index (κ2) is 6.34. The second-order valence-corrected chi connectivity index (χ2v) is 5.46. The SMILES string of the molecule is O=C(NCC1(C(=O)O)CCOCC1)[C@@H]1CCCNC1. The summed E-state index contributed by atoms with van der Waals surface area (Å²) in [6.07, 6.45) is 2.80. The highest BCUT2D eigenvalue weighted by molar-refractivity contribution is 5.81. The Balaban J connectivity index is 1.87. The number of aliphatic carboxylic acids is 1. The van der Waals surface area contributed by atoms with Gasteiger partial charge in [-0.05, 0) is 32.2 Å². The summed E-state index contributed by atoms with van der Waals surface area (Å²) in [7, 11) is 0. The van der Waals surface area contributed by atoms with E-state index in [-0.39, 0.29) is 18.4 Å². The maximum absolute atomic E-state index is 12.0. The van der Waals surface area contributed by atoms with E-state index in [1.165, 1.54) is 0 Å². The van der Waals surface area contributed by atoms with Crippen molar-refractivity contribution in [3.63, 3.8) is 0 Å². The molecule has 3 N–H and O–H groups in total. The summed E-state index contributed by atoms with van der Waals surface area (Å²) in [6, 6.07) is 0. The van der Waals surface area contributed by atoms with E-state index < -0.39 is 11.4 Å². The zero-order chi connectivity index (χ0) is 13.7. The molecular weight excluding hydrogens is 248 g/mol. The molecular formula is C13H22N2O4. The predicted molar refractivity (Wildman–Crippen MR) is 68.7 cm³/mol. The summed E-state index contributed by atoms with van der Waals surface area (Å²) in [5.74, 6) is -0.892. The maximum Gasteiger partial charge on any atom is 0.311 e. The average molecular weight is 270 g/mol. The third kappa shape index (κ3) is 3.45. The van der Waals surface area contributed by atoms with Gasteiger partial charge in [0, 0.05) is 26.3 Å². The molecule has 0 bridgehead atoms. The fourth-order valence-electron chi connectivity index (χ4n) is 2.70. The Labute approximate surface area is 112 Å². The van der Waals surface area contributed by atoms with Crippen molar-refractivity contribution in [3.05, 3.63) is 0 Å². The molecule has 2 aliphatic rings. The minimum Gasteiger partial charge on any atom is -0.481 e. The molecule has 2 fully saturated rings. The van der Waals surface area contributed by atoms with Crippen LogP contribution in [0.1, 0.15) is 25.7 Å². The van der Waals surface area contributed by atoms with Crippen molar-refractivity contribution in [1.82, 2.24) is 10.6 Å². The van der Waals surface area contributed by atoms with E-state index in [2.05, 4.69) is 10.6 Å². The van der Waals surface area contributed by atoms with Crippen LogP contribution in [-0.2, 0) is 14.3 Å². The van der Waals surface area contributed by atoms with Gasteiger partial charge >= 0.3 is 5.97 Å². The quantitative estimate of drug-likeness (QED) is 0.668. The maximum atomic E-state index is 12.0. The average Bonchev–Trinajstić information content (AvgIpc) is 2.46. The van der Waals surface area contributed by atoms with Gasteiger partial charge in [0.05, 0.1) is 11.3 Å². The Morgan fingerprint density at radius 1 is 1.37 bits per heavy atom. The standard InChI is InChI=1S/C13H22N2O4/c16-11(10-2-1-5-14-8-10)15-9-13(12(17)18)3-6-19-7-4-13/h10,14H,1-9H2,(H,15,16)(H,17,18)/t10-/m1/s1. The van der Waals surface area contributed by atoms with Gasteiger partial charge in [-0.1, -0.05) is 0 Å². The number of amides is 1. The molecule has 0 aliphatic carbocycles. The van der Waals surface area contributed by atoms with E-state index in [1.807, 2.05) is 0 Å². The number of hydrogen-bond acceptors (Lipinski definition) is 4. The van der Waals surface area contributed by atoms with Crippen molar-refractivity contribution in [2.24, 2.45) is 11.3 Å². The number of carbonyl (C=O) groups is 2. The number of carboxylic acids is 1. The van der Waals surface area contributed by atoms with Gasteiger partial charge in [-0.3, -0.25) is 9.59 Å². The molecule has 2 aliphatic heterocycles. The van der Waals surface area contributed by atoms with Gasteiger partial charge in [0.25, 0.3) is 0 Å². The first kappa shape index (κ1) is 14.3. The Morgan fingerprint density at radius 2 is 2.11 bits per heavy atom. The molecule has 2 heterocycles. The first-order valence-electron chi connectivity index (χ1n) is 6.94. The Morgan fingerprint density at radius 3 is 2.68 bits per heavy atom. The number of rotatable bonds is 4. The summed E-state index contributed by atoms with van der Waals surface area (Å²) in [5, 5.41) is 15.4. The normalized spacial score (nSPS) is 26.6. The van der Waals surface area contributed by atoms with Crippen LogP contribution in [0.25, 0.3) is 0 Å². The minimum atomic E-state index is -0.851. The highest BCUT2D eigenvalue weighted by atomic mass is 16.5. The molecule has 2 saturated heterocycles. The van der Waals surface area contributed by atoms with Gasteiger partial charge in [0.1, 0.15) is 0 Å². The van der Waals surface area contributed by atoms with E-state index in [9.17, 15) is 14.7 Å². The zero-order valence-electron chi connectivity index (χ0n) is 11.1. The van der Waals surface area contributed by atoms with Gasteiger partial charge in [0.15, 0.2) is 0 Å². The molecule has 0 spiro atoms. The third-order valence-corrected chi connectivity index (χ3v) is 4.17. The molecule has 0 radical (unpaired) electrons. The Hall–Kier alpha value is -1.14. The molecule has 0 aromatic carbocycles. The van der Waals surface area contributed by atoms with Gasteiger partial charge in [-0.2, -0.15) is 0 Å². The van der Waals surface area contributed by atoms with Crippen LogP contribution >= 0.6 is 0 Å². The fraction of sp³-hybridized carbons (Fsp3) is 0.846. The van der Waals surface area contributed by atoms with Crippen molar-refractivity contribution < 1.29 is 19.4 Å². The summed E-state index contributed by atoms with van der Waals surface area (Å²) >= 11 is 0. The highest BCUT2D eigenvalue weighted by Crippen LogP contribution is 2.30. The number of carbonyl (C=O) groups excluding carboxylic acids is 1. The molecule has 1 atom stereocenters. The molecule has 108 valence electrons. The van der Waals surface area contributed by atoms with Crippen LogP contribution in [-0.4, -0.2) is 49.8 Å². The van der Waals surface area contributed by atoms with Crippen molar-refractivity contribution in [1.29, 1.82) is 0 Å². The van der Waals surface area contributed by atoms with Crippen LogP contribution in [0.3, 0.4) is 0 Å². The lowest BCUT2D eigenvalue weighted by atomic mass is 9.80. The van der Waals surface area contributed by atoms with Crippen LogP contribution in [0.15, 0.2) is 0 Å². The lowest BCUT2D eigenvalue weighted by Crippen LogP contribution is -2.49. The number of nitrogens with one attached hydrogen (secondary N) is 2. The van der Waals surface area contributed by atoms with E-state index in [0.717, 1.165) is 19.4 Å². The van der Waals surface area contributed by atoms with Crippen LogP contribution in [0, 0.1) is 11.3 Å². The molecule has 1 amide bonds. The molecule has 0 aromatic heterocycles. The van der Waals surface area contributed by atoms with Crippen LogP contribution < -0.4 is 10.6 Å². The van der Waals surface area contributed by atoms with Gasteiger partial charge in [0.2, 0.25) is 5.91 Å². The minimum absolute atomic E-state index is 0.0283. The molecule has 6 nitrogen and oxygen atoms in total. The Kier molecular flexibility index (Phi) is 4.76. The van der Waals surface area contributed by atoms with Crippen LogP contribution in [0.4, 0.5) is 0 Å². The monoisotopic (exact) mass is 270 g/mol. The number of ether oxygens (including phenoxy) is 1. The van der Waals surface area contributed by atoms with Crippen LogP contribution in [0.2, 0.25) is 0 Å². The van der Waals surface area contributed by atoms with E-state index >= 15 is 0 Å². The van der Waals surface area contributed by atoms with Gasteiger partial charge < -0.3 is 20.5 Å². The fourth-order valence-corrected chi connectivity index (χ4v) is 2.70. The first-order chi connectivity index (χ1) is 9.14. The summed E-state index contributed by atoms with van der Waals surface area (Å²) in [6.45, 7) is 2.76. The molecule has 6 heteroatoms. The molecule has 2 rings (SSSR count). The molecule has 19 heavy (non-hydrogen) atoms. The summed E-state index contributed by atoms with van der Waals surface area (Å²) in [5.41, 5.74) is -0.851. The topological polar surface area (TPSA) is 87.7 Å². The zero-order valence-corrected chi connectivity index (χ0v) is 11.1. The van der Waals surface area contributed by atoms with E-state index in [1.54, 1.807) is 0 Å². The summed E-state index contributed by atoms with van der Waals surface area (Å²) < 4.78 is 5.21. The second-order valence-electron chi connectivity index (χ2n) is 5.46. The van der Waals surface area contributed by atoms with Crippen LogP contribution in [0.5, 0.6) is 0 Å². The van der Waals surface area contributed by atoms with Crippen molar-refractivity contribution >= 4 is 11.9 Å². The lowest BCUT2D eigenvalue weighted by molar-refractivity contribution is -0.154. The largest absolute Gasteiger partial charge is 0.481 e. The smallest absolute Gasteiger partial charge is 0.311 e. The van der Waals surface area contributed by atoms with Gasteiger partial charge in [-0.25, -0.2) is 0 Å². The van der Waals surface area contributed by atoms with Crippen molar-refractivity contribution in [2.75, 3.05) is 32.8 Å².